The molecule has 1 unspecified atom stereocenters. The molecule has 2 aromatic heterocycles. The van der Waals surface area contributed by atoms with E-state index < -0.39 is 11.9 Å². The molecule has 3 aromatic rings. The van der Waals surface area contributed by atoms with E-state index in [4.69, 9.17) is 4.74 Å². The van der Waals surface area contributed by atoms with Crippen LogP contribution in [-0.4, -0.2) is 45.2 Å². The van der Waals surface area contributed by atoms with Gasteiger partial charge in [-0.1, -0.05) is 18.2 Å². The third-order valence-corrected chi connectivity index (χ3v) is 4.81. The number of nitrogens with zero attached hydrogens (tertiary/aromatic N) is 3. The van der Waals surface area contributed by atoms with E-state index >= 15 is 0 Å². The lowest BCUT2D eigenvalue weighted by atomic mass is 9.98. The minimum atomic E-state index is -0.988. The van der Waals surface area contributed by atoms with Crippen molar-refractivity contribution in [3.8, 4) is 5.75 Å². The topological polar surface area (TPSA) is 106 Å². The highest BCUT2D eigenvalue weighted by Gasteiger charge is 2.24. The first-order chi connectivity index (χ1) is 13.8. The first-order valence-corrected chi connectivity index (χ1v) is 9.28. The molecule has 0 saturated carbocycles. The largest absolute Gasteiger partial charge is 0.496 e. The summed E-state index contributed by atoms with van der Waals surface area (Å²) in [5.74, 6) is -1.55. The van der Waals surface area contributed by atoms with Gasteiger partial charge in [0, 0.05) is 17.9 Å². The van der Waals surface area contributed by atoms with Gasteiger partial charge < -0.3 is 15.2 Å². The maximum atomic E-state index is 12.8. The van der Waals surface area contributed by atoms with Crippen LogP contribution in [0.1, 0.15) is 33.0 Å². The number of hydrogen-bond acceptors (Lipinski definition) is 5. The summed E-state index contributed by atoms with van der Waals surface area (Å²) >= 11 is 0. The maximum absolute atomic E-state index is 12.8. The van der Waals surface area contributed by atoms with E-state index in [2.05, 4.69) is 15.4 Å². The van der Waals surface area contributed by atoms with E-state index in [-0.39, 0.29) is 18.9 Å². The summed E-state index contributed by atoms with van der Waals surface area (Å²) in [4.78, 5) is 29.0. The van der Waals surface area contributed by atoms with Crippen molar-refractivity contribution in [1.82, 2.24) is 19.9 Å². The van der Waals surface area contributed by atoms with Crippen LogP contribution < -0.4 is 10.1 Å². The Bertz CT molecular complexity index is 1070. The van der Waals surface area contributed by atoms with Crippen LogP contribution in [0.3, 0.4) is 0 Å². The molecule has 0 saturated heterocycles. The molecule has 0 aliphatic rings. The van der Waals surface area contributed by atoms with Gasteiger partial charge in [-0.25, -0.2) is 9.50 Å². The van der Waals surface area contributed by atoms with E-state index in [9.17, 15) is 14.7 Å². The number of aryl methyl sites for hydroxylation is 3. The molecule has 2 heterocycles. The van der Waals surface area contributed by atoms with E-state index in [1.54, 1.807) is 24.6 Å². The average molecular weight is 396 g/mol. The maximum Gasteiger partial charge on any atom is 0.308 e. The minimum Gasteiger partial charge on any atom is -0.496 e. The number of carbonyl (C=O) groups is 2. The van der Waals surface area contributed by atoms with Gasteiger partial charge in [0.25, 0.3) is 5.91 Å². The molecule has 0 bridgehead atoms. The molecule has 1 aromatic carbocycles. The van der Waals surface area contributed by atoms with Crippen molar-refractivity contribution in [2.24, 2.45) is 5.92 Å². The zero-order valence-electron chi connectivity index (χ0n) is 16.9. The van der Waals surface area contributed by atoms with Crippen molar-refractivity contribution in [1.29, 1.82) is 0 Å². The van der Waals surface area contributed by atoms with Crippen molar-refractivity contribution in [2.75, 3.05) is 13.7 Å². The number of para-hydroxylation sites is 1. The van der Waals surface area contributed by atoms with Gasteiger partial charge in [-0.2, -0.15) is 5.10 Å². The molecule has 0 aliphatic heterocycles. The second-order valence-corrected chi connectivity index (χ2v) is 7.00. The van der Waals surface area contributed by atoms with Gasteiger partial charge in [0.15, 0.2) is 5.65 Å². The van der Waals surface area contributed by atoms with E-state index in [1.165, 1.54) is 0 Å². The van der Waals surface area contributed by atoms with Crippen LogP contribution in [0.2, 0.25) is 0 Å². The standard InChI is InChI=1S/C21H24N4O4/c1-12-9-13(2)25-19(23-12)18(14(3)24-25)20(26)22-11-16(21(27)28)10-15-7-5-6-8-17(15)29-4/h5-9,16H,10-11H2,1-4H3,(H,22,26)(H,27,28). The number of hydrogen-bond donors (Lipinski definition) is 2. The fourth-order valence-electron chi connectivity index (χ4n) is 3.38. The third kappa shape index (κ3) is 4.21. The lowest BCUT2D eigenvalue weighted by Crippen LogP contribution is -2.34. The molecule has 8 nitrogen and oxygen atoms in total. The fourth-order valence-corrected chi connectivity index (χ4v) is 3.38. The van der Waals surface area contributed by atoms with Crippen LogP contribution >= 0.6 is 0 Å². The number of fused-ring (bicyclic) bond motifs is 1. The van der Waals surface area contributed by atoms with Gasteiger partial charge in [0.2, 0.25) is 0 Å². The molecule has 0 fully saturated rings. The molecule has 0 spiro atoms. The summed E-state index contributed by atoms with van der Waals surface area (Å²) in [6, 6.07) is 9.14. The van der Waals surface area contributed by atoms with Crippen LogP contribution in [0, 0.1) is 26.7 Å². The van der Waals surface area contributed by atoms with Gasteiger partial charge in [-0.05, 0) is 44.9 Å². The highest BCUT2D eigenvalue weighted by Crippen LogP contribution is 2.21. The highest BCUT2D eigenvalue weighted by molar-refractivity contribution is 6.01. The van der Waals surface area contributed by atoms with Crippen molar-refractivity contribution < 1.29 is 19.4 Å². The first-order valence-electron chi connectivity index (χ1n) is 9.28. The van der Waals surface area contributed by atoms with Crippen LogP contribution in [0.15, 0.2) is 30.3 Å². The molecule has 1 atom stereocenters. The number of nitrogens with one attached hydrogen (secondary N) is 1. The van der Waals surface area contributed by atoms with Crippen LogP contribution in [0.25, 0.3) is 5.65 Å². The normalized spacial score (nSPS) is 12.0. The van der Waals surface area contributed by atoms with E-state index in [0.717, 1.165) is 17.0 Å². The molecule has 2 N–H and O–H groups in total. The molecular formula is C21H24N4O4. The highest BCUT2D eigenvalue weighted by atomic mass is 16.5. The predicted octanol–water partition coefficient (Wildman–Crippen LogP) is 2.34. The minimum absolute atomic E-state index is 0.0200. The Balaban J connectivity index is 1.80. The second-order valence-electron chi connectivity index (χ2n) is 7.00. The van der Waals surface area contributed by atoms with Crippen LogP contribution in [0.5, 0.6) is 5.75 Å². The Hall–Kier alpha value is -3.42. The molecule has 152 valence electrons. The smallest absolute Gasteiger partial charge is 0.308 e. The Kier molecular flexibility index (Phi) is 5.81. The number of amides is 1. The number of aromatic nitrogens is 3. The molecule has 0 aliphatic carbocycles. The third-order valence-electron chi connectivity index (χ3n) is 4.81. The van der Waals surface area contributed by atoms with Gasteiger partial charge in [-0.15, -0.1) is 0 Å². The molecule has 8 heteroatoms. The van der Waals surface area contributed by atoms with Crippen molar-refractivity contribution in [3.05, 3.63) is 58.5 Å². The van der Waals surface area contributed by atoms with Gasteiger partial charge in [0.05, 0.1) is 18.7 Å². The number of ether oxygens (including phenoxy) is 1. The Morgan fingerprint density at radius 2 is 1.97 bits per heavy atom. The SMILES string of the molecule is COc1ccccc1CC(CNC(=O)c1c(C)nn2c(C)cc(C)nc12)C(=O)O. The molecule has 0 radical (unpaired) electrons. The summed E-state index contributed by atoms with van der Waals surface area (Å²) in [6.07, 6.45) is 0.240. The second kappa shape index (κ2) is 8.30. The predicted molar refractivity (Wildman–Crippen MR) is 107 cm³/mol. The van der Waals surface area contributed by atoms with Crippen LogP contribution in [-0.2, 0) is 11.2 Å². The molecule has 3 rings (SSSR count). The number of carbonyl (C=O) groups excluding carboxylic acids is 1. The van der Waals surface area contributed by atoms with E-state index in [1.807, 2.05) is 38.1 Å². The zero-order valence-corrected chi connectivity index (χ0v) is 16.9. The number of carboxylic acids is 1. The van der Waals surface area contributed by atoms with Crippen LogP contribution in [0.4, 0.5) is 0 Å². The summed E-state index contributed by atoms with van der Waals surface area (Å²) < 4.78 is 6.92. The lowest BCUT2D eigenvalue weighted by Gasteiger charge is -2.15. The summed E-state index contributed by atoms with van der Waals surface area (Å²) in [7, 11) is 1.54. The monoisotopic (exact) mass is 396 g/mol. The number of methoxy groups -OCH3 is 1. The van der Waals surface area contributed by atoms with Gasteiger partial charge in [-0.3, -0.25) is 9.59 Å². The molecule has 1 amide bonds. The van der Waals surface area contributed by atoms with Crippen molar-refractivity contribution in [2.45, 2.75) is 27.2 Å². The number of rotatable bonds is 7. The fraction of sp³-hybridized carbons (Fsp3) is 0.333. The van der Waals surface area contributed by atoms with Gasteiger partial charge in [0.1, 0.15) is 11.3 Å². The molecular weight excluding hydrogens is 372 g/mol. The average Bonchev–Trinajstić information content (AvgIpc) is 3.01. The summed E-state index contributed by atoms with van der Waals surface area (Å²) in [5.41, 5.74) is 3.79. The van der Waals surface area contributed by atoms with Crippen molar-refractivity contribution >= 4 is 17.5 Å². The Morgan fingerprint density at radius 1 is 1.24 bits per heavy atom. The lowest BCUT2D eigenvalue weighted by molar-refractivity contribution is -0.141. The van der Waals surface area contributed by atoms with E-state index in [0.29, 0.717) is 22.7 Å². The zero-order chi connectivity index (χ0) is 21.1. The number of benzene rings is 1. The number of aliphatic carboxylic acids is 1. The van der Waals surface area contributed by atoms with Gasteiger partial charge >= 0.3 is 5.97 Å². The quantitative estimate of drug-likeness (QED) is 0.635. The Morgan fingerprint density at radius 3 is 2.66 bits per heavy atom. The first kappa shape index (κ1) is 20.3. The van der Waals surface area contributed by atoms with Crippen molar-refractivity contribution in [3.63, 3.8) is 0 Å². The summed E-state index contributed by atoms with van der Waals surface area (Å²) in [6.45, 7) is 5.46. The number of carboxylic acid groups (broad SMARTS) is 1. The molecule has 29 heavy (non-hydrogen) atoms. The summed E-state index contributed by atoms with van der Waals surface area (Å²) in [5, 5.41) is 16.7. The Labute approximate surface area is 168 Å².